The highest BCUT2D eigenvalue weighted by atomic mass is 35.5. The van der Waals surface area contributed by atoms with E-state index in [0.717, 1.165) is 19.6 Å². The van der Waals surface area contributed by atoms with Gasteiger partial charge in [-0.05, 0) is 58.1 Å². The van der Waals surface area contributed by atoms with Gasteiger partial charge in [0.1, 0.15) is 0 Å². The van der Waals surface area contributed by atoms with Crippen molar-refractivity contribution in [3.8, 4) is 0 Å². The second-order valence-electron chi connectivity index (χ2n) is 4.99. The van der Waals surface area contributed by atoms with Crippen LogP contribution in [0.2, 0.25) is 0 Å². The van der Waals surface area contributed by atoms with Gasteiger partial charge in [0.15, 0.2) is 0 Å². The molecule has 0 amide bonds. The number of hydrogen-bond acceptors (Lipinski definition) is 2. The van der Waals surface area contributed by atoms with Crippen molar-refractivity contribution >= 4 is 17.3 Å². The molecule has 0 heterocycles. The van der Waals surface area contributed by atoms with Gasteiger partial charge in [0.2, 0.25) is 0 Å². The fourth-order valence-corrected chi connectivity index (χ4v) is 2.35. The molecule has 18 heavy (non-hydrogen) atoms. The smallest absolute Gasteiger partial charge is 0.0474 e. The number of aryl methyl sites for hydroxylation is 1. The summed E-state index contributed by atoms with van der Waals surface area (Å²) in [5.74, 6) is 0.591. The number of anilines is 1. The summed E-state index contributed by atoms with van der Waals surface area (Å²) in [7, 11) is 4.24. The van der Waals surface area contributed by atoms with E-state index in [1.807, 2.05) is 0 Å². The van der Waals surface area contributed by atoms with E-state index in [2.05, 4.69) is 55.9 Å². The summed E-state index contributed by atoms with van der Waals surface area (Å²) in [4.78, 5) is 4.67. The van der Waals surface area contributed by atoms with E-state index in [-0.39, 0.29) is 0 Å². The van der Waals surface area contributed by atoms with Gasteiger partial charge < -0.3 is 9.80 Å². The minimum absolute atomic E-state index is 0.591. The number of nitrogens with zero attached hydrogens (tertiary/aromatic N) is 2. The molecule has 0 N–H and O–H groups in total. The molecule has 102 valence electrons. The molecule has 0 radical (unpaired) electrons. The molecule has 0 saturated heterocycles. The second kappa shape index (κ2) is 7.65. The third-order valence-electron chi connectivity index (χ3n) is 3.17. The van der Waals surface area contributed by atoms with E-state index >= 15 is 0 Å². The van der Waals surface area contributed by atoms with Crippen molar-refractivity contribution < 1.29 is 0 Å². The summed E-state index contributed by atoms with van der Waals surface area (Å²) in [6.45, 7) is 7.67. The lowest BCUT2D eigenvalue weighted by atomic mass is 10.1. The van der Waals surface area contributed by atoms with Crippen molar-refractivity contribution in [3.05, 3.63) is 29.3 Å². The fourth-order valence-electron chi connectivity index (χ4n) is 2.18. The van der Waals surface area contributed by atoms with Gasteiger partial charge in [-0.2, -0.15) is 0 Å². The quantitative estimate of drug-likeness (QED) is 0.699. The van der Waals surface area contributed by atoms with Crippen LogP contribution in [0.4, 0.5) is 5.69 Å². The predicted molar refractivity (Wildman–Crippen MR) is 81.8 cm³/mol. The summed E-state index contributed by atoms with van der Waals surface area (Å²) in [6, 6.07) is 6.52. The zero-order valence-electron chi connectivity index (χ0n) is 12.0. The van der Waals surface area contributed by atoms with Crippen molar-refractivity contribution in [1.29, 1.82) is 0 Å². The van der Waals surface area contributed by atoms with Crippen LogP contribution in [0.25, 0.3) is 0 Å². The maximum atomic E-state index is 5.86. The topological polar surface area (TPSA) is 6.48 Å². The molecule has 0 bridgehead atoms. The first-order chi connectivity index (χ1) is 8.58. The Balaban J connectivity index is 2.69. The Morgan fingerprint density at radius 2 is 1.89 bits per heavy atom. The molecule has 0 aliphatic rings. The van der Waals surface area contributed by atoms with E-state index in [9.17, 15) is 0 Å². The van der Waals surface area contributed by atoms with Gasteiger partial charge in [-0.25, -0.2) is 0 Å². The standard InChI is InChI=1S/C15H25ClN2/c1-5-18(10-6-9-17(3)4)15-8-7-14(12-16)11-13(15)2/h7-8,11H,5-6,9-10,12H2,1-4H3. The molecular weight excluding hydrogens is 244 g/mol. The lowest BCUT2D eigenvalue weighted by Crippen LogP contribution is -2.27. The van der Waals surface area contributed by atoms with Gasteiger partial charge in [-0.15, -0.1) is 11.6 Å². The van der Waals surface area contributed by atoms with Crippen LogP contribution in [-0.4, -0.2) is 38.6 Å². The van der Waals surface area contributed by atoms with E-state index in [0.29, 0.717) is 5.88 Å². The predicted octanol–water partition coefficient (Wildman–Crippen LogP) is 3.51. The number of rotatable bonds is 7. The number of hydrogen-bond donors (Lipinski definition) is 0. The maximum absolute atomic E-state index is 5.86. The highest BCUT2D eigenvalue weighted by Crippen LogP contribution is 2.22. The minimum atomic E-state index is 0.591. The van der Waals surface area contributed by atoms with Gasteiger partial charge in [0.25, 0.3) is 0 Å². The average Bonchev–Trinajstić information content (AvgIpc) is 2.35. The molecule has 0 aliphatic carbocycles. The highest BCUT2D eigenvalue weighted by molar-refractivity contribution is 6.17. The van der Waals surface area contributed by atoms with Crippen LogP contribution in [0.5, 0.6) is 0 Å². The molecule has 3 heteroatoms. The molecule has 1 rings (SSSR count). The molecule has 0 aliphatic heterocycles. The first-order valence-electron chi connectivity index (χ1n) is 6.63. The van der Waals surface area contributed by atoms with Crippen molar-refractivity contribution in [2.75, 3.05) is 38.6 Å². The summed E-state index contributed by atoms with van der Waals surface area (Å²) in [6.07, 6.45) is 1.19. The van der Waals surface area contributed by atoms with Crippen LogP contribution < -0.4 is 4.90 Å². The second-order valence-corrected chi connectivity index (χ2v) is 5.26. The Morgan fingerprint density at radius 3 is 2.39 bits per heavy atom. The zero-order chi connectivity index (χ0) is 13.5. The normalized spacial score (nSPS) is 11.0. The van der Waals surface area contributed by atoms with Crippen molar-refractivity contribution in [3.63, 3.8) is 0 Å². The lowest BCUT2D eigenvalue weighted by Gasteiger charge is -2.26. The fraction of sp³-hybridized carbons (Fsp3) is 0.600. The minimum Gasteiger partial charge on any atom is -0.372 e. The van der Waals surface area contributed by atoms with Crippen LogP contribution in [0.1, 0.15) is 24.5 Å². The van der Waals surface area contributed by atoms with Crippen molar-refractivity contribution in [1.82, 2.24) is 4.90 Å². The summed E-state index contributed by atoms with van der Waals surface area (Å²) in [5.41, 5.74) is 3.85. The molecular formula is C15H25ClN2. The third-order valence-corrected chi connectivity index (χ3v) is 3.48. The van der Waals surface area contributed by atoms with E-state index in [1.54, 1.807) is 0 Å². The molecule has 1 aromatic rings. The molecule has 0 unspecified atom stereocenters. The monoisotopic (exact) mass is 268 g/mol. The molecule has 0 fully saturated rings. The van der Waals surface area contributed by atoms with Crippen LogP contribution in [0.15, 0.2) is 18.2 Å². The largest absolute Gasteiger partial charge is 0.372 e. The highest BCUT2D eigenvalue weighted by Gasteiger charge is 2.07. The Kier molecular flexibility index (Phi) is 6.51. The summed E-state index contributed by atoms with van der Waals surface area (Å²) in [5, 5.41) is 0. The zero-order valence-corrected chi connectivity index (χ0v) is 12.8. The summed E-state index contributed by atoms with van der Waals surface area (Å²) >= 11 is 5.86. The summed E-state index contributed by atoms with van der Waals surface area (Å²) < 4.78 is 0. The molecule has 2 nitrogen and oxygen atoms in total. The number of benzene rings is 1. The molecule has 0 aromatic heterocycles. The van der Waals surface area contributed by atoms with Crippen molar-refractivity contribution in [2.45, 2.75) is 26.1 Å². The van der Waals surface area contributed by atoms with Crippen LogP contribution in [-0.2, 0) is 5.88 Å². The lowest BCUT2D eigenvalue weighted by molar-refractivity contribution is 0.400. The van der Waals surface area contributed by atoms with Crippen LogP contribution in [0.3, 0.4) is 0 Å². The van der Waals surface area contributed by atoms with Gasteiger partial charge in [0.05, 0.1) is 0 Å². The number of halogens is 1. The molecule has 0 atom stereocenters. The Morgan fingerprint density at radius 1 is 1.17 bits per heavy atom. The van der Waals surface area contributed by atoms with Gasteiger partial charge >= 0.3 is 0 Å². The van der Waals surface area contributed by atoms with Crippen molar-refractivity contribution in [2.24, 2.45) is 0 Å². The van der Waals surface area contributed by atoms with E-state index in [4.69, 9.17) is 11.6 Å². The SMILES string of the molecule is CCN(CCCN(C)C)c1ccc(CCl)cc1C. The molecule has 1 aromatic carbocycles. The van der Waals surface area contributed by atoms with Crippen LogP contribution >= 0.6 is 11.6 Å². The Labute approximate surface area is 117 Å². The maximum Gasteiger partial charge on any atom is 0.0474 e. The molecule has 0 spiro atoms. The molecule has 0 saturated carbocycles. The average molecular weight is 269 g/mol. The Bertz CT molecular complexity index is 364. The van der Waals surface area contributed by atoms with Gasteiger partial charge in [0, 0.05) is 24.7 Å². The number of alkyl halides is 1. The van der Waals surface area contributed by atoms with E-state index < -0.39 is 0 Å². The third kappa shape index (κ3) is 4.51. The Hall–Kier alpha value is -0.730. The first-order valence-corrected chi connectivity index (χ1v) is 7.17. The first kappa shape index (κ1) is 15.3. The van der Waals surface area contributed by atoms with Gasteiger partial charge in [-0.1, -0.05) is 12.1 Å². The van der Waals surface area contributed by atoms with E-state index in [1.165, 1.54) is 23.2 Å². The van der Waals surface area contributed by atoms with Crippen LogP contribution in [0, 0.1) is 6.92 Å². The van der Waals surface area contributed by atoms with Gasteiger partial charge in [-0.3, -0.25) is 0 Å².